The zero-order valence-corrected chi connectivity index (χ0v) is 13.9. The molecule has 0 aromatic carbocycles. The third kappa shape index (κ3) is 2.60. The van der Waals surface area contributed by atoms with Gasteiger partial charge in [-0.1, -0.05) is 6.07 Å². The van der Waals surface area contributed by atoms with Crippen molar-refractivity contribution in [2.75, 3.05) is 13.1 Å². The molecule has 0 N–H and O–H groups in total. The van der Waals surface area contributed by atoms with Crippen LogP contribution in [0.2, 0.25) is 0 Å². The van der Waals surface area contributed by atoms with Crippen molar-refractivity contribution in [3.05, 3.63) is 45.4 Å². The maximum Gasteiger partial charge on any atom is 0.330 e. The van der Waals surface area contributed by atoms with E-state index in [4.69, 9.17) is 0 Å². The van der Waals surface area contributed by atoms with Gasteiger partial charge in [-0.05, 0) is 30.8 Å². The van der Waals surface area contributed by atoms with E-state index >= 15 is 0 Å². The van der Waals surface area contributed by atoms with Gasteiger partial charge in [0.1, 0.15) is 11.8 Å². The van der Waals surface area contributed by atoms with Crippen LogP contribution in [0.15, 0.2) is 34.8 Å². The minimum absolute atomic E-state index is 0.00322. The zero-order chi connectivity index (χ0) is 15.8. The first-order valence-corrected chi connectivity index (χ1v) is 8.73. The van der Waals surface area contributed by atoms with E-state index in [1.807, 2.05) is 4.57 Å². The Bertz CT molecular complexity index is 866. The normalized spacial score (nSPS) is 19.4. The standard InChI is InChI=1S/C16H19N5OS/c1-19-14-8-17-11-18-15(14)21(16(19)22)12-4-2-6-20(9-12)10-13-5-3-7-23-13/h3,5,7-8,11-12H,2,4,6,9-10H2,1H3/t12-/m0/s1. The van der Waals surface area contributed by atoms with Crippen LogP contribution in [0.5, 0.6) is 0 Å². The molecule has 1 fully saturated rings. The summed E-state index contributed by atoms with van der Waals surface area (Å²) in [5, 5.41) is 2.11. The summed E-state index contributed by atoms with van der Waals surface area (Å²) in [4.78, 5) is 24.9. The molecular weight excluding hydrogens is 310 g/mol. The van der Waals surface area contributed by atoms with Crippen molar-refractivity contribution in [1.82, 2.24) is 24.0 Å². The van der Waals surface area contributed by atoms with Crippen molar-refractivity contribution < 1.29 is 0 Å². The van der Waals surface area contributed by atoms with Gasteiger partial charge in [-0.3, -0.25) is 14.0 Å². The first kappa shape index (κ1) is 14.6. The lowest BCUT2D eigenvalue weighted by molar-refractivity contribution is 0.171. The lowest BCUT2D eigenvalue weighted by Gasteiger charge is -2.32. The maximum atomic E-state index is 12.7. The second kappa shape index (κ2) is 5.90. The van der Waals surface area contributed by atoms with Gasteiger partial charge in [0.15, 0.2) is 5.65 Å². The molecule has 0 unspecified atom stereocenters. The molecule has 3 aromatic heterocycles. The van der Waals surface area contributed by atoms with Gasteiger partial charge in [0.2, 0.25) is 0 Å². The highest BCUT2D eigenvalue weighted by Gasteiger charge is 2.26. The summed E-state index contributed by atoms with van der Waals surface area (Å²) in [6.07, 6.45) is 5.35. The van der Waals surface area contributed by atoms with Crippen LogP contribution >= 0.6 is 11.3 Å². The molecule has 1 aliphatic heterocycles. The Morgan fingerprint density at radius 1 is 1.43 bits per heavy atom. The largest absolute Gasteiger partial charge is 0.330 e. The molecule has 120 valence electrons. The summed E-state index contributed by atoms with van der Waals surface area (Å²) >= 11 is 1.79. The topological polar surface area (TPSA) is 56.0 Å². The first-order chi connectivity index (χ1) is 11.2. The molecule has 0 aliphatic carbocycles. The zero-order valence-electron chi connectivity index (χ0n) is 13.1. The van der Waals surface area contributed by atoms with Crippen molar-refractivity contribution in [2.24, 2.45) is 7.05 Å². The molecule has 1 atom stereocenters. The fraction of sp³-hybridized carbons (Fsp3) is 0.438. The summed E-state index contributed by atoms with van der Waals surface area (Å²) in [6.45, 7) is 2.94. The van der Waals surface area contributed by atoms with Crippen molar-refractivity contribution in [3.8, 4) is 0 Å². The number of hydrogen-bond donors (Lipinski definition) is 0. The quantitative estimate of drug-likeness (QED) is 0.738. The predicted molar refractivity (Wildman–Crippen MR) is 90.6 cm³/mol. The second-order valence-electron chi connectivity index (χ2n) is 6.05. The average molecular weight is 329 g/mol. The SMILES string of the molecule is Cn1c(=O)n([C@H]2CCCN(Cc3cccs3)C2)c2ncncc21. The highest BCUT2D eigenvalue weighted by Crippen LogP contribution is 2.25. The van der Waals surface area contributed by atoms with Crippen LogP contribution in [0.25, 0.3) is 11.2 Å². The van der Waals surface area contributed by atoms with E-state index in [-0.39, 0.29) is 11.7 Å². The van der Waals surface area contributed by atoms with E-state index < -0.39 is 0 Å². The smallest absolute Gasteiger partial charge is 0.296 e. The van der Waals surface area contributed by atoms with Gasteiger partial charge < -0.3 is 0 Å². The van der Waals surface area contributed by atoms with Gasteiger partial charge in [0.05, 0.1) is 12.2 Å². The molecule has 0 radical (unpaired) electrons. The van der Waals surface area contributed by atoms with Gasteiger partial charge in [0.25, 0.3) is 0 Å². The molecule has 0 amide bonds. The summed E-state index contributed by atoms with van der Waals surface area (Å²) in [5.41, 5.74) is 1.55. The molecule has 23 heavy (non-hydrogen) atoms. The molecule has 7 heteroatoms. The van der Waals surface area contributed by atoms with Crippen LogP contribution in [-0.2, 0) is 13.6 Å². The number of aryl methyl sites for hydroxylation is 1. The van der Waals surface area contributed by atoms with E-state index in [9.17, 15) is 4.79 Å². The molecule has 0 saturated carbocycles. The van der Waals surface area contributed by atoms with E-state index in [0.717, 1.165) is 43.6 Å². The van der Waals surface area contributed by atoms with Gasteiger partial charge in [0, 0.05) is 25.0 Å². The summed E-state index contributed by atoms with van der Waals surface area (Å²) < 4.78 is 3.51. The average Bonchev–Trinajstić information content (AvgIpc) is 3.16. The van der Waals surface area contributed by atoms with Crippen LogP contribution in [-0.4, -0.2) is 37.1 Å². The Labute approximate surface area is 138 Å². The van der Waals surface area contributed by atoms with Crippen LogP contribution < -0.4 is 5.69 Å². The molecule has 0 spiro atoms. The number of rotatable bonds is 3. The van der Waals surface area contributed by atoms with Crippen molar-refractivity contribution in [3.63, 3.8) is 0 Å². The van der Waals surface area contributed by atoms with Gasteiger partial charge in [-0.2, -0.15) is 0 Å². The number of imidazole rings is 1. The molecule has 6 nitrogen and oxygen atoms in total. The number of nitrogens with zero attached hydrogens (tertiary/aromatic N) is 5. The number of piperidine rings is 1. The maximum absolute atomic E-state index is 12.7. The Balaban J connectivity index is 1.65. The Hall–Kier alpha value is -1.99. The van der Waals surface area contributed by atoms with Crippen LogP contribution in [0.1, 0.15) is 23.8 Å². The second-order valence-corrected chi connectivity index (χ2v) is 7.09. The lowest BCUT2D eigenvalue weighted by Crippen LogP contribution is -2.39. The monoisotopic (exact) mass is 329 g/mol. The van der Waals surface area contributed by atoms with Crippen molar-refractivity contribution in [1.29, 1.82) is 0 Å². The number of hydrogen-bond acceptors (Lipinski definition) is 5. The van der Waals surface area contributed by atoms with Crippen molar-refractivity contribution in [2.45, 2.75) is 25.4 Å². The number of aromatic nitrogens is 4. The lowest BCUT2D eigenvalue weighted by atomic mass is 10.1. The van der Waals surface area contributed by atoms with Gasteiger partial charge in [-0.15, -0.1) is 11.3 Å². The van der Waals surface area contributed by atoms with Crippen LogP contribution in [0.4, 0.5) is 0 Å². The summed E-state index contributed by atoms with van der Waals surface area (Å²) in [5.74, 6) is 0. The van der Waals surface area contributed by atoms with Crippen molar-refractivity contribution >= 4 is 22.5 Å². The Kier molecular flexibility index (Phi) is 3.74. The minimum atomic E-state index is 0.00322. The summed E-state index contributed by atoms with van der Waals surface area (Å²) in [7, 11) is 1.79. The van der Waals surface area contributed by atoms with Gasteiger partial charge >= 0.3 is 5.69 Å². The molecule has 1 aliphatic rings. The molecule has 0 bridgehead atoms. The third-order valence-electron chi connectivity index (χ3n) is 4.56. The van der Waals surface area contributed by atoms with Gasteiger partial charge in [-0.25, -0.2) is 14.8 Å². The molecule has 3 aromatic rings. The number of thiophene rings is 1. The van der Waals surface area contributed by atoms with E-state index in [2.05, 4.69) is 32.4 Å². The van der Waals surface area contributed by atoms with E-state index in [1.165, 1.54) is 11.2 Å². The molecule has 1 saturated heterocycles. The third-order valence-corrected chi connectivity index (χ3v) is 5.42. The molecule has 4 heterocycles. The predicted octanol–water partition coefficient (Wildman–Crippen LogP) is 2.03. The first-order valence-electron chi connectivity index (χ1n) is 7.85. The minimum Gasteiger partial charge on any atom is -0.296 e. The molecular formula is C16H19N5OS. The number of likely N-dealkylation sites (tertiary alicyclic amines) is 1. The Morgan fingerprint density at radius 3 is 3.17 bits per heavy atom. The molecule has 4 rings (SSSR count). The fourth-order valence-corrected chi connectivity index (χ4v) is 4.18. The van der Waals surface area contributed by atoms with E-state index in [0.29, 0.717) is 0 Å². The highest BCUT2D eigenvalue weighted by atomic mass is 32.1. The number of fused-ring (bicyclic) bond motifs is 1. The van der Waals surface area contributed by atoms with Crippen LogP contribution in [0.3, 0.4) is 0 Å². The van der Waals surface area contributed by atoms with E-state index in [1.54, 1.807) is 29.1 Å². The summed E-state index contributed by atoms with van der Waals surface area (Å²) in [6, 6.07) is 4.44. The Morgan fingerprint density at radius 2 is 2.35 bits per heavy atom. The highest BCUT2D eigenvalue weighted by molar-refractivity contribution is 7.09. The fourth-order valence-electron chi connectivity index (χ4n) is 3.43. The van der Waals surface area contributed by atoms with Crippen LogP contribution in [0, 0.1) is 0 Å².